The minimum absolute atomic E-state index is 0.0659. The second-order valence-electron chi connectivity index (χ2n) is 4.32. The molecule has 0 aliphatic rings. The highest BCUT2D eigenvalue weighted by Crippen LogP contribution is 2.22. The monoisotopic (exact) mass is 312 g/mol. The molecule has 0 atom stereocenters. The summed E-state index contributed by atoms with van der Waals surface area (Å²) in [7, 11) is 0. The average Bonchev–Trinajstić information content (AvgIpc) is 2.41. The number of ketones is 1. The van der Waals surface area contributed by atoms with Gasteiger partial charge in [0.25, 0.3) is 0 Å². The van der Waals surface area contributed by atoms with Gasteiger partial charge in [-0.1, -0.05) is 6.07 Å². The van der Waals surface area contributed by atoms with Gasteiger partial charge in [0, 0.05) is 30.5 Å². The molecule has 0 saturated carbocycles. The quantitative estimate of drug-likeness (QED) is 0.453. The molecule has 2 N–H and O–H groups in total. The van der Waals surface area contributed by atoms with Crippen molar-refractivity contribution >= 4 is 29.4 Å². The number of rotatable bonds is 7. The average molecular weight is 312 g/mol. The molecule has 1 aromatic carbocycles. The first-order valence-corrected chi connectivity index (χ1v) is 7.33. The van der Waals surface area contributed by atoms with Crippen molar-refractivity contribution in [3.63, 3.8) is 0 Å². The van der Waals surface area contributed by atoms with Crippen LogP contribution in [0.15, 0.2) is 23.1 Å². The molecular weight excluding hydrogens is 295 g/mol. The van der Waals surface area contributed by atoms with E-state index in [1.807, 2.05) is 0 Å². The van der Waals surface area contributed by atoms with Crippen LogP contribution >= 0.6 is 11.8 Å². The van der Waals surface area contributed by atoms with Gasteiger partial charge in [0.15, 0.2) is 5.78 Å². The van der Waals surface area contributed by atoms with Crippen molar-refractivity contribution in [3.8, 4) is 0 Å². The first-order valence-electron chi connectivity index (χ1n) is 6.34. The van der Waals surface area contributed by atoms with Crippen molar-refractivity contribution in [2.75, 3.05) is 18.8 Å². The normalized spacial score (nSPS) is 10.0. The summed E-state index contributed by atoms with van der Waals surface area (Å²) in [5.74, 6) is -1.07. The van der Waals surface area contributed by atoms with Crippen LogP contribution < -0.4 is 10.6 Å². The highest BCUT2D eigenvalue weighted by molar-refractivity contribution is 8.00. The topological polar surface area (TPSA) is 75.3 Å². The van der Waals surface area contributed by atoms with E-state index >= 15 is 0 Å². The van der Waals surface area contributed by atoms with Crippen LogP contribution in [0.3, 0.4) is 0 Å². The maximum atomic E-state index is 13.7. The molecule has 1 rings (SSSR count). The van der Waals surface area contributed by atoms with Crippen LogP contribution in [0, 0.1) is 5.82 Å². The lowest BCUT2D eigenvalue weighted by Crippen LogP contribution is -2.34. The van der Waals surface area contributed by atoms with Crippen molar-refractivity contribution in [3.05, 3.63) is 29.6 Å². The maximum Gasteiger partial charge on any atom is 0.230 e. The Morgan fingerprint density at radius 2 is 1.81 bits per heavy atom. The Balaban J connectivity index is 2.39. The van der Waals surface area contributed by atoms with Gasteiger partial charge in [-0.25, -0.2) is 4.39 Å². The van der Waals surface area contributed by atoms with Crippen LogP contribution in [-0.4, -0.2) is 36.4 Å². The number of amides is 2. The fourth-order valence-electron chi connectivity index (χ4n) is 1.47. The zero-order valence-electron chi connectivity index (χ0n) is 11.9. The SMILES string of the molecule is CC(=O)NCCNC(=O)CSc1ccc(C(C)=O)cc1F. The highest BCUT2D eigenvalue weighted by atomic mass is 32.2. The van der Waals surface area contributed by atoms with E-state index in [0.29, 0.717) is 23.5 Å². The van der Waals surface area contributed by atoms with Crippen LogP contribution in [0.1, 0.15) is 24.2 Å². The van der Waals surface area contributed by atoms with Gasteiger partial charge in [-0.3, -0.25) is 14.4 Å². The van der Waals surface area contributed by atoms with Gasteiger partial charge in [0.1, 0.15) is 5.82 Å². The standard InChI is InChI=1S/C14H17FN2O3S/c1-9(18)11-3-4-13(12(15)7-11)21-8-14(20)17-6-5-16-10(2)19/h3-4,7H,5-6,8H2,1-2H3,(H,16,19)(H,17,20). The molecule has 0 aliphatic carbocycles. The molecule has 2 amide bonds. The molecule has 114 valence electrons. The summed E-state index contributed by atoms with van der Waals surface area (Å²) in [5, 5.41) is 5.15. The van der Waals surface area contributed by atoms with E-state index in [0.717, 1.165) is 11.8 Å². The predicted octanol–water partition coefficient (Wildman–Crippen LogP) is 1.37. The van der Waals surface area contributed by atoms with E-state index in [1.165, 1.54) is 32.0 Å². The number of halogens is 1. The Morgan fingerprint density at radius 1 is 1.14 bits per heavy atom. The van der Waals surface area contributed by atoms with Crippen molar-refractivity contribution in [1.29, 1.82) is 0 Å². The Morgan fingerprint density at radius 3 is 2.38 bits per heavy atom. The van der Waals surface area contributed by atoms with Crippen molar-refractivity contribution < 1.29 is 18.8 Å². The summed E-state index contributed by atoms with van der Waals surface area (Å²) in [6, 6.07) is 4.18. The lowest BCUT2D eigenvalue weighted by Gasteiger charge is -2.07. The largest absolute Gasteiger partial charge is 0.355 e. The molecule has 21 heavy (non-hydrogen) atoms. The Labute approximate surface area is 126 Å². The van der Waals surface area contributed by atoms with Crippen LogP contribution in [0.25, 0.3) is 0 Å². The first kappa shape index (κ1) is 17.2. The van der Waals surface area contributed by atoms with Crippen molar-refractivity contribution in [1.82, 2.24) is 10.6 Å². The minimum Gasteiger partial charge on any atom is -0.355 e. The summed E-state index contributed by atoms with van der Waals surface area (Å²) in [6.45, 7) is 3.44. The van der Waals surface area contributed by atoms with Crippen molar-refractivity contribution in [2.45, 2.75) is 18.7 Å². The molecule has 5 nitrogen and oxygen atoms in total. The number of carbonyl (C=O) groups excluding carboxylic acids is 3. The summed E-state index contributed by atoms with van der Waals surface area (Å²) in [5.41, 5.74) is 0.302. The van der Waals surface area contributed by atoms with E-state index in [-0.39, 0.29) is 23.4 Å². The zero-order chi connectivity index (χ0) is 15.8. The summed E-state index contributed by atoms with van der Waals surface area (Å²) >= 11 is 1.05. The van der Waals surface area contributed by atoms with Crippen LogP contribution in [0.4, 0.5) is 4.39 Å². The predicted molar refractivity (Wildman–Crippen MR) is 78.8 cm³/mol. The van der Waals surface area contributed by atoms with Crippen LogP contribution in [0.2, 0.25) is 0 Å². The fraction of sp³-hybridized carbons (Fsp3) is 0.357. The first-order chi connectivity index (χ1) is 9.90. The molecule has 0 unspecified atom stereocenters. The van der Waals surface area contributed by atoms with Gasteiger partial charge in [-0.05, 0) is 19.1 Å². The minimum atomic E-state index is -0.515. The second kappa shape index (κ2) is 8.41. The molecule has 7 heteroatoms. The van der Waals surface area contributed by atoms with Crippen molar-refractivity contribution in [2.24, 2.45) is 0 Å². The third-order valence-corrected chi connectivity index (χ3v) is 3.57. The van der Waals surface area contributed by atoms with Gasteiger partial charge in [-0.15, -0.1) is 11.8 Å². The highest BCUT2D eigenvalue weighted by Gasteiger charge is 2.09. The smallest absolute Gasteiger partial charge is 0.230 e. The van der Waals surface area contributed by atoms with Crippen LogP contribution in [-0.2, 0) is 9.59 Å². The van der Waals surface area contributed by atoms with E-state index in [9.17, 15) is 18.8 Å². The summed E-state index contributed by atoms with van der Waals surface area (Å²) < 4.78 is 13.7. The molecule has 0 bridgehead atoms. The number of hydrogen-bond donors (Lipinski definition) is 2. The molecule has 0 radical (unpaired) electrons. The molecule has 0 fully saturated rings. The Kier molecular flexibility index (Phi) is 6.87. The third kappa shape index (κ3) is 6.40. The number of hydrogen-bond acceptors (Lipinski definition) is 4. The molecule has 0 aliphatic heterocycles. The molecular formula is C14H17FN2O3S. The number of thioether (sulfide) groups is 1. The zero-order valence-corrected chi connectivity index (χ0v) is 12.7. The molecule has 0 heterocycles. The third-order valence-electron chi connectivity index (χ3n) is 2.52. The summed E-state index contributed by atoms with van der Waals surface area (Å²) in [4.78, 5) is 33.6. The second-order valence-corrected chi connectivity index (χ2v) is 5.34. The van der Waals surface area contributed by atoms with Gasteiger partial charge in [-0.2, -0.15) is 0 Å². The van der Waals surface area contributed by atoms with E-state index in [2.05, 4.69) is 10.6 Å². The van der Waals surface area contributed by atoms with E-state index < -0.39 is 5.82 Å². The Hall–Kier alpha value is -1.89. The molecule has 0 saturated heterocycles. The molecule has 0 spiro atoms. The van der Waals surface area contributed by atoms with Gasteiger partial charge in [0.2, 0.25) is 11.8 Å². The lowest BCUT2D eigenvalue weighted by atomic mass is 10.1. The lowest BCUT2D eigenvalue weighted by molar-refractivity contribution is -0.120. The van der Waals surface area contributed by atoms with Gasteiger partial charge in [0.05, 0.1) is 5.75 Å². The Bertz CT molecular complexity index is 549. The van der Waals surface area contributed by atoms with E-state index in [4.69, 9.17) is 0 Å². The molecule has 0 aromatic heterocycles. The fourth-order valence-corrected chi connectivity index (χ4v) is 2.22. The molecule has 1 aromatic rings. The maximum absolute atomic E-state index is 13.7. The number of benzene rings is 1. The number of nitrogens with one attached hydrogen (secondary N) is 2. The summed E-state index contributed by atoms with van der Waals surface area (Å²) in [6.07, 6.45) is 0. The van der Waals surface area contributed by atoms with Crippen LogP contribution in [0.5, 0.6) is 0 Å². The van der Waals surface area contributed by atoms with E-state index in [1.54, 1.807) is 0 Å². The van der Waals surface area contributed by atoms with Gasteiger partial charge >= 0.3 is 0 Å². The number of carbonyl (C=O) groups is 3. The number of Topliss-reactive ketones (excluding diaryl/α,β-unsaturated/α-hetero) is 1. The van der Waals surface area contributed by atoms with Gasteiger partial charge < -0.3 is 10.6 Å².